The third kappa shape index (κ3) is 5.08. The first-order chi connectivity index (χ1) is 17.3. The number of likely N-dealkylation sites (tertiary alicyclic amines) is 1. The van der Waals surface area contributed by atoms with Crippen LogP contribution in [-0.4, -0.2) is 115 Å². The van der Waals surface area contributed by atoms with Gasteiger partial charge >= 0.3 is 12.0 Å². The summed E-state index contributed by atoms with van der Waals surface area (Å²) in [5, 5.41) is 0. The second-order valence-corrected chi connectivity index (χ2v) is 11.8. The molecular weight excluding hydrogens is 484 g/mol. The van der Waals surface area contributed by atoms with Gasteiger partial charge in [-0.3, -0.25) is 4.79 Å². The molecule has 1 aromatic rings. The zero-order chi connectivity index (χ0) is 25.4. The standard InChI is InChI=1S/C24H37N6O5S/c1-27(2)24(32)29-9-4-16(5-10-29)22(31)35-18-14-30(15-18)23-25-19-8-13-36(33)20(19)21(26-23)28(3)17-6-11-34-12-7-17/h16-18,33H,4-15H2,1-3H3/q+1. The van der Waals surface area contributed by atoms with Crippen LogP contribution in [0.25, 0.3) is 0 Å². The molecule has 2 amide bonds. The molecule has 4 aliphatic heterocycles. The third-order valence-corrected chi connectivity index (χ3v) is 9.12. The number of hydrogen-bond donors (Lipinski definition) is 1. The number of aromatic nitrogens is 2. The van der Waals surface area contributed by atoms with E-state index in [9.17, 15) is 14.1 Å². The molecule has 5 heterocycles. The predicted octanol–water partition coefficient (Wildman–Crippen LogP) is 1.22. The normalized spacial score (nSPS) is 23.3. The number of nitrogens with zero attached hydrogens (tertiary/aromatic N) is 6. The van der Waals surface area contributed by atoms with E-state index in [4.69, 9.17) is 19.4 Å². The van der Waals surface area contributed by atoms with Gasteiger partial charge in [0.2, 0.25) is 5.95 Å². The Labute approximate surface area is 215 Å². The van der Waals surface area contributed by atoms with Gasteiger partial charge in [0.15, 0.2) is 22.7 Å². The van der Waals surface area contributed by atoms with Crippen LogP contribution in [0.3, 0.4) is 0 Å². The van der Waals surface area contributed by atoms with Gasteiger partial charge in [0.1, 0.15) is 11.8 Å². The maximum Gasteiger partial charge on any atom is 0.319 e. The molecule has 3 fully saturated rings. The number of hydrogen-bond acceptors (Lipinski definition) is 9. The molecule has 1 atom stereocenters. The number of carbonyl (C=O) groups excluding carboxylic acids is 2. The van der Waals surface area contributed by atoms with Crippen LogP contribution in [0.5, 0.6) is 0 Å². The van der Waals surface area contributed by atoms with Crippen molar-refractivity contribution in [1.29, 1.82) is 0 Å². The number of rotatable bonds is 5. The van der Waals surface area contributed by atoms with Gasteiger partial charge in [0.05, 0.1) is 19.0 Å². The monoisotopic (exact) mass is 521 g/mol. The summed E-state index contributed by atoms with van der Waals surface area (Å²) in [6.07, 6.45) is 3.71. The molecule has 198 valence electrons. The van der Waals surface area contributed by atoms with Crippen LogP contribution in [-0.2, 0) is 31.9 Å². The molecule has 0 radical (unpaired) electrons. The lowest BCUT2D eigenvalue weighted by atomic mass is 9.97. The van der Waals surface area contributed by atoms with Crippen LogP contribution in [0.1, 0.15) is 31.4 Å². The number of esters is 1. The van der Waals surface area contributed by atoms with E-state index in [0.717, 1.165) is 48.9 Å². The molecule has 1 aromatic heterocycles. The van der Waals surface area contributed by atoms with E-state index in [0.29, 0.717) is 56.8 Å². The Bertz CT molecular complexity index is 976. The van der Waals surface area contributed by atoms with Crippen molar-refractivity contribution >= 4 is 34.9 Å². The SMILES string of the molecule is CN(C)C(=O)N1CCC(C(=O)OC2CN(c3nc4c(c(N(C)C5CCOCC5)n3)[S+](O)CC4)C2)CC1. The molecule has 11 nitrogen and oxygen atoms in total. The highest BCUT2D eigenvalue weighted by Gasteiger charge is 2.42. The van der Waals surface area contributed by atoms with Crippen molar-refractivity contribution in [3.8, 4) is 0 Å². The Morgan fingerprint density at radius 2 is 1.78 bits per heavy atom. The van der Waals surface area contributed by atoms with Gasteiger partial charge < -0.3 is 29.1 Å². The second kappa shape index (κ2) is 10.6. The van der Waals surface area contributed by atoms with Crippen molar-refractivity contribution in [2.75, 3.05) is 76.1 Å². The summed E-state index contributed by atoms with van der Waals surface area (Å²) in [4.78, 5) is 43.0. The van der Waals surface area contributed by atoms with Crippen molar-refractivity contribution in [1.82, 2.24) is 19.8 Å². The number of fused-ring (bicyclic) bond motifs is 1. The van der Waals surface area contributed by atoms with E-state index in [1.54, 1.807) is 23.9 Å². The molecule has 36 heavy (non-hydrogen) atoms. The van der Waals surface area contributed by atoms with Gasteiger partial charge in [-0.1, -0.05) is 0 Å². The van der Waals surface area contributed by atoms with Gasteiger partial charge in [-0.2, -0.15) is 9.54 Å². The van der Waals surface area contributed by atoms with E-state index in [-0.39, 0.29) is 24.0 Å². The van der Waals surface area contributed by atoms with Gasteiger partial charge in [0.25, 0.3) is 4.90 Å². The highest BCUT2D eigenvalue weighted by Crippen LogP contribution is 2.36. The van der Waals surface area contributed by atoms with Gasteiger partial charge in [0, 0.05) is 59.9 Å². The number of ether oxygens (including phenoxy) is 2. The summed E-state index contributed by atoms with van der Waals surface area (Å²) in [5.74, 6) is 1.83. The largest absolute Gasteiger partial charge is 0.458 e. The Kier molecular flexibility index (Phi) is 7.45. The summed E-state index contributed by atoms with van der Waals surface area (Å²) in [5.41, 5.74) is 0.930. The lowest BCUT2D eigenvalue weighted by Gasteiger charge is -2.40. The molecule has 3 saturated heterocycles. The predicted molar refractivity (Wildman–Crippen MR) is 137 cm³/mol. The number of piperidine rings is 1. The first-order valence-corrected chi connectivity index (χ1v) is 14.2. The minimum Gasteiger partial charge on any atom is -0.458 e. The van der Waals surface area contributed by atoms with Crippen molar-refractivity contribution in [3.63, 3.8) is 0 Å². The number of aryl methyl sites for hydroxylation is 1. The van der Waals surface area contributed by atoms with Crippen LogP contribution >= 0.6 is 0 Å². The smallest absolute Gasteiger partial charge is 0.319 e. The summed E-state index contributed by atoms with van der Waals surface area (Å²) in [6, 6.07) is 0.313. The maximum atomic E-state index is 12.7. The van der Waals surface area contributed by atoms with Crippen molar-refractivity contribution in [3.05, 3.63) is 5.69 Å². The molecule has 1 unspecified atom stereocenters. The summed E-state index contributed by atoms with van der Waals surface area (Å²) >= 11 is -0.829. The molecule has 0 aromatic carbocycles. The van der Waals surface area contributed by atoms with Crippen LogP contribution in [0, 0.1) is 5.92 Å². The molecule has 5 rings (SSSR count). The van der Waals surface area contributed by atoms with Crippen LogP contribution in [0.15, 0.2) is 4.90 Å². The van der Waals surface area contributed by atoms with Gasteiger partial charge in [-0.25, -0.2) is 9.78 Å². The first-order valence-electron chi connectivity index (χ1n) is 12.8. The van der Waals surface area contributed by atoms with E-state index in [1.165, 1.54) is 0 Å². The molecule has 1 N–H and O–H groups in total. The minimum absolute atomic E-state index is 0.0133. The Morgan fingerprint density at radius 3 is 2.44 bits per heavy atom. The fourth-order valence-corrected chi connectivity index (χ4v) is 6.74. The lowest BCUT2D eigenvalue weighted by molar-refractivity contribution is -0.156. The lowest BCUT2D eigenvalue weighted by Crippen LogP contribution is -2.54. The zero-order valence-corrected chi connectivity index (χ0v) is 22.2. The Hall–Kier alpha value is -2.31. The van der Waals surface area contributed by atoms with Gasteiger partial charge in [-0.05, 0) is 25.7 Å². The zero-order valence-electron chi connectivity index (χ0n) is 21.4. The topological polar surface area (TPSA) is 112 Å². The molecular formula is C24H37N6O5S+. The van der Waals surface area contributed by atoms with E-state index >= 15 is 0 Å². The van der Waals surface area contributed by atoms with Crippen molar-refractivity contribution < 1.29 is 23.6 Å². The van der Waals surface area contributed by atoms with Crippen LogP contribution in [0.4, 0.5) is 16.6 Å². The summed E-state index contributed by atoms with van der Waals surface area (Å²) in [6.45, 7) is 3.76. The number of anilines is 2. The molecule has 12 heteroatoms. The number of urea groups is 1. The van der Waals surface area contributed by atoms with Crippen LogP contribution < -0.4 is 9.80 Å². The highest BCUT2D eigenvalue weighted by atomic mass is 32.2. The third-order valence-electron chi connectivity index (χ3n) is 7.64. The molecule has 0 saturated carbocycles. The minimum atomic E-state index is -0.829. The molecule has 0 spiro atoms. The summed E-state index contributed by atoms with van der Waals surface area (Å²) < 4.78 is 22.0. The first kappa shape index (κ1) is 25.3. The average molecular weight is 522 g/mol. The fraction of sp³-hybridized carbons (Fsp3) is 0.750. The van der Waals surface area contributed by atoms with E-state index < -0.39 is 11.2 Å². The Balaban J connectivity index is 1.18. The van der Waals surface area contributed by atoms with Crippen molar-refractivity contribution in [2.24, 2.45) is 5.92 Å². The number of carbonyl (C=O) groups is 2. The van der Waals surface area contributed by atoms with Gasteiger partial charge in [-0.15, -0.1) is 0 Å². The Morgan fingerprint density at radius 1 is 1.08 bits per heavy atom. The molecule has 4 aliphatic rings. The van der Waals surface area contributed by atoms with Crippen molar-refractivity contribution in [2.45, 2.75) is 49.1 Å². The molecule has 0 bridgehead atoms. The fourth-order valence-electron chi connectivity index (χ4n) is 5.33. The average Bonchev–Trinajstić information content (AvgIpc) is 3.25. The quantitative estimate of drug-likeness (QED) is 0.452. The highest BCUT2D eigenvalue weighted by molar-refractivity contribution is 7.92. The maximum absolute atomic E-state index is 12.7. The van der Waals surface area contributed by atoms with E-state index in [2.05, 4.69) is 11.9 Å². The summed E-state index contributed by atoms with van der Waals surface area (Å²) in [7, 11) is 5.53. The molecule has 0 aliphatic carbocycles. The number of amides is 2. The van der Waals surface area contributed by atoms with E-state index in [1.807, 2.05) is 4.90 Å². The van der Waals surface area contributed by atoms with Crippen LogP contribution in [0.2, 0.25) is 0 Å². The second-order valence-electron chi connectivity index (χ2n) is 10.3.